The molecule has 0 aliphatic heterocycles. The van der Waals surface area contributed by atoms with E-state index < -0.39 is 36.3 Å². The molecule has 6 nitrogen and oxygen atoms in total. The Labute approximate surface area is 118 Å². The minimum atomic E-state index is -4.58. The number of carbonyl (C=O) groups excluding carboxylic acids is 1. The largest absolute Gasteiger partial charge is 0.480 e. The van der Waals surface area contributed by atoms with E-state index >= 15 is 0 Å². The number of aliphatic carboxylic acids is 1. The SMILES string of the molecule is CC(C)CC(NC(=O)Cn1ccc(C(F)(F)F)n1)C(=O)O. The minimum absolute atomic E-state index is 0.0490. The molecule has 0 fully saturated rings. The van der Waals surface area contributed by atoms with Gasteiger partial charge in [0.1, 0.15) is 12.6 Å². The summed E-state index contributed by atoms with van der Waals surface area (Å²) < 4.78 is 37.8. The number of aromatic nitrogens is 2. The third kappa shape index (κ3) is 5.44. The second kappa shape index (κ2) is 6.59. The number of carbonyl (C=O) groups is 2. The maximum Gasteiger partial charge on any atom is 0.435 e. The van der Waals surface area contributed by atoms with Gasteiger partial charge in [-0.05, 0) is 18.4 Å². The molecule has 0 bridgehead atoms. The normalized spacial score (nSPS) is 13.2. The van der Waals surface area contributed by atoms with Gasteiger partial charge in [-0.1, -0.05) is 13.8 Å². The van der Waals surface area contributed by atoms with E-state index in [-0.39, 0.29) is 12.3 Å². The van der Waals surface area contributed by atoms with Crippen molar-refractivity contribution in [3.05, 3.63) is 18.0 Å². The number of hydrogen-bond donors (Lipinski definition) is 2. The Morgan fingerprint density at radius 1 is 1.43 bits per heavy atom. The van der Waals surface area contributed by atoms with Crippen LogP contribution in [0.3, 0.4) is 0 Å². The van der Waals surface area contributed by atoms with E-state index in [1.807, 2.05) is 0 Å². The zero-order chi connectivity index (χ0) is 16.2. The molecule has 1 unspecified atom stereocenters. The first kappa shape index (κ1) is 17.0. The molecular formula is C12H16F3N3O3. The van der Waals surface area contributed by atoms with E-state index in [2.05, 4.69) is 10.4 Å². The highest BCUT2D eigenvalue weighted by Gasteiger charge is 2.33. The van der Waals surface area contributed by atoms with Crippen LogP contribution in [0.2, 0.25) is 0 Å². The quantitative estimate of drug-likeness (QED) is 0.834. The van der Waals surface area contributed by atoms with E-state index in [0.717, 1.165) is 16.9 Å². The predicted octanol–water partition coefficient (Wildman–Crippen LogP) is 1.52. The highest BCUT2D eigenvalue weighted by Crippen LogP contribution is 2.27. The average molecular weight is 307 g/mol. The lowest BCUT2D eigenvalue weighted by atomic mass is 10.0. The lowest BCUT2D eigenvalue weighted by Gasteiger charge is -2.16. The first-order chi connectivity index (χ1) is 9.59. The van der Waals surface area contributed by atoms with Gasteiger partial charge >= 0.3 is 12.1 Å². The van der Waals surface area contributed by atoms with Crippen molar-refractivity contribution in [2.45, 2.75) is 39.0 Å². The van der Waals surface area contributed by atoms with E-state index in [1.165, 1.54) is 0 Å². The topological polar surface area (TPSA) is 84.2 Å². The molecule has 0 radical (unpaired) electrons. The standard InChI is InChI=1S/C12H16F3N3O3/c1-7(2)5-8(11(20)21)16-10(19)6-18-4-3-9(17-18)12(13,14)15/h3-4,7-8H,5-6H2,1-2H3,(H,16,19)(H,20,21). The molecule has 118 valence electrons. The summed E-state index contributed by atoms with van der Waals surface area (Å²) >= 11 is 0. The molecule has 9 heteroatoms. The summed E-state index contributed by atoms with van der Waals surface area (Å²) in [4.78, 5) is 22.6. The van der Waals surface area contributed by atoms with Crippen molar-refractivity contribution in [1.82, 2.24) is 15.1 Å². The zero-order valence-corrected chi connectivity index (χ0v) is 11.5. The van der Waals surface area contributed by atoms with Crippen molar-refractivity contribution in [3.8, 4) is 0 Å². The van der Waals surface area contributed by atoms with Crippen molar-refractivity contribution in [3.63, 3.8) is 0 Å². The Morgan fingerprint density at radius 2 is 2.05 bits per heavy atom. The van der Waals surface area contributed by atoms with Gasteiger partial charge < -0.3 is 10.4 Å². The summed E-state index contributed by atoms with van der Waals surface area (Å²) in [5, 5.41) is 14.4. The smallest absolute Gasteiger partial charge is 0.435 e. The van der Waals surface area contributed by atoms with Crippen LogP contribution in [0.5, 0.6) is 0 Å². The lowest BCUT2D eigenvalue weighted by molar-refractivity contribution is -0.142. The fourth-order valence-electron chi connectivity index (χ4n) is 1.68. The van der Waals surface area contributed by atoms with Gasteiger partial charge in [-0.25, -0.2) is 4.79 Å². The molecule has 0 aliphatic carbocycles. The van der Waals surface area contributed by atoms with Gasteiger partial charge in [0, 0.05) is 6.20 Å². The predicted molar refractivity (Wildman–Crippen MR) is 66.3 cm³/mol. The second-order valence-corrected chi connectivity index (χ2v) is 4.98. The van der Waals surface area contributed by atoms with Crippen LogP contribution in [-0.2, 0) is 22.3 Å². The highest BCUT2D eigenvalue weighted by molar-refractivity contribution is 5.83. The van der Waals surface area contributed by atoms with E-state index in [9.17, 15) is 22.8 Å². The number of nitrogens with one attached hydrogen (secondary N) is 1. The fraction of sp³-hybridized carbons (Fsp3) is 0.583. The van der Waals surface area contributed by atoms with Crippen LogP contribution < -0.4 is 5.32 Å². The number of carboxylic acid groups (broad SMARTS) is 1. The first-order valence-corrected chi connectivity index (χ1v) is 6.22. The molecule has 0 aromatic carbocycles. The number of nitrogens with zero attached hydrogens (tertiary/aromatic N) is 2. The van der Waals surface area contributed by atoms with Crippen molar-refractivity contribution in [1.29, 1.82) is 0 Å². The Bertz CT molecular complexity index is 511. The van der Waals surface area contributed by atoms with Crippen LogP contribution >= 0.6 is 0 Å². The molecule has 2 N–H and O–H groups in total. The summed E-state index contributed by atoms with van der Waals surface area (Å²) in [7, 11) is 0. The molecule has 0 saturated carbocycles. The third-order valence-electron chi connectivity index (χ3n) is 2.58. The van der Waals surface area contributed by atoms with Gasteiger partial charge in [-0.2, -0.15) is 18.3 Å². The van der Waals surface area contributed by atoms with Crippen LogP contribution in [0.25, 0.3) is 0 Å². The molecule has 1 aromatic rings. The summed E-state index contributed by atoms with van der Waals surface area (Å²) in [6.45, 7) is 3.12. The molecule has 0 aliphatic rings. The van der Waals surface area contributed by atoms with Crippen molar-refractivity contribution in [2.75, 3.05) is 0 Å². The molecule has 1 heterocycles. The maximum atomic E-state index is 12.3. The second-order valence-electron chi connectivity index (χ2n) is 4.98. The van der Waals surface area contributed by atoms with Crippen molar-refractivity contribution >= 4 is 11.9 Å². The maximum absolute atomic E-state index is 12.3. The number of carboxylic acids is 1. The van der Waals surface area contributed by atoms with Crippen molar-refractivity contribution in [2.24, 2.45) is 5.92 Å². The monoisotopic (exact) mass is 307 g/mol. The van der Waals surface area contributed by atoms with Crippen LogP contribution in [-0.4, -0.2) is 32.8 Å². The molecule has 1 amide bonds. The van der Waals surface area contributed by atoms with Gasteiger partial charge in [0.25, 0.3) is 0 Å². The van der Waals surface area contributed by atoms with E-state index in [1.54, 1.807) is 13.8 Å². The molecule has 1 atom stereocenters. The van der Waals surface area contributed by atoms with Crippen molar-refractivity contribution < 1.29 is 27.9 Å². The summed E-state index contributed by atoms with van der Waals surface area (Å²) in [5.41, 5.74) is -1.10. The molecule has 0 spiro atoms. The minimum Gasteiger partial charge on any atom is -0.480 e. The number of hydrogen-bond acceptors (Lipinski definition) is 3. The number of halogens is 3. The fourth-order valence-corrected chi connectivity index (χ4v) is 1.68. The summed E-state index contributed by atoms with van der Waals surface area (Å²) in [5.74, 6) is -1.85. The molecule has 21 heavy (non-hydrogen) atoms. The van der Waals surface area contributed by atoms with Gasteiger partial charge in [0.15, 0.2) is 5.69 Å². The van der Waals surface area contributed by atoms with Crippen LogP contribution in [0.1, 0.15) is 26.0 Å². The summed E-state index contributed by atoms with van der Waals surface area (Å²) in [6, 6.07) is -0.328. The molecular weight excluding hydrogens is 291 g/mol. The van der Waals surface area contributed by atoms with Crippen LogP contribution in [0.4, 0.5) is 13.2 Å². The highest BCUT2D eigenvalue weighted by atomic mass is 19.4. The molecule has 0 saturated heterocycles. The first-order valence-electron chi connectivity index (χ1n) is 6.22. The van der Waals surface area contributed by atoms with Gasteiger partial charge in [0.2, 0.25) is 5.91 Å². The Morgan fingerprint density at radius 3 is 2.48 bits per heavy atom. The molecule has 1 aromatic heterocycles. The Hall–Kier alpha value is -2.06. The Kier molecular flexibility index (Phi) is 5.34. The van der Waals surface area contributed by atoms with Crippen LogP contribution in [0.15, 0.2) is 12.3 Å². The number of alkyl halides is 3. The van der Waals surface area contributed by atoms with Gasteiger partial charge in [-0.15, -0.1) is 0 Å². The van der Waals surface area contributed by atoms with Gasteiger partial charge in [-0.3, -0.25) is 9.48 Å². The van der Waals surface area contributed by atoms with Gasteiger partial charge in [0.05, 0.1) is 0 Å². The Balaban J connectivity index is 2.64. The number of rotatable bonds is 6. The number of amides is 1. The van der Waals surface area contributed by atoms with E-state index in [0.29, 0.717) is 0 Å². The third-order valence-corrected chi connectivity index (χ3v) is 2.58. The molecule has 1 rings (SSSR count). The average Bonchev–Trinajstić information content (AvgIpc) is 2.75. The zero-order valence-electron chi connectivity index (χ0n) is 11.5. The van der Waals surface area contributed by atoms with Crippen LogP contribution in [0, 0.1) is 5.92 Å². The lowest BCUT2D eigenvalue weighted by Crippen LogP contribution is -2.43. The summed E-state index contributed by atoms with van der Waals surface area (Å²) in [6.07, 6.45) is -3.34. The van der Waals surface area contributed by atoms with E-state index in [4.69, 9.17) is 5.11 Å².